The van der Waals surface area contributed by atoms with Crippen LogP contribution in [-0.4, -0.2) is 60.6 Å². The molecule has 7 nitrogen and oxygen atoms in total. The normalized spacial score (nSPS) is 16.3. The molecule has 1 aliphatic heterocycles. The molecule has 0 spiro atoms. The Balaban J connectivity index is 1.79. The molecule has 2 aromatic rings. The van der Waals surface area contributed by atoms with E-state index >= 15 is 0 Å². The number of urea groups is 1. The van der Waals surface area contributed by atoms with E-state index in [0.29, 0.717) is 37.1 Å². The molecule has 3 amide bonds. The molecule has 35 heavy (non-hydrogen) atoms. The maximum atomic E-state index is 13.7. The number of fused-ring (bicyclic) bond motifs is 1. The molecule has 1 aromatic carbocycles. The summed E-state index contributed by atoms with van der Waals surface area (Å²) in [5, 5.41) is 5.09. The summed E-state index contributed by atoms with van der Waals surface area (Å²) in [5.74, 6) is 1.53. The molecule has 0 bridgehead atoms. The maximum absolute atomic E-state index is 13.7. The van der Waals surface area contributed by atoms with Crippen LogP contribution in [0.5, 0.6) is 11.5 Å². The summed E-state index contributed by atoms with van der Waals surface area (Å²) in [5.41, 5.74) is 0.743. The van der Waals surface area contributed by atoms with Crippen LogP contribution >= 0.6 is 11.3 Å². The van der Waals surface area contributed by atoms with E-state index in [1.165, 1.54) is 4.88 Å². The standard InChI is InChI=1S/C27H39N3O4S/c1-7-19(2)16-29(26(32)28-27(3,4)5)17-25(31)30-14-12-24-20(13-15-35-24)21(30)18-34-23-11-9-8-10-22(23)33-6/h8-11,13,15,19,21H,7,12,14,16-18H2,1-6H3,(H,28,32). The van der Waals surface area contributed by atoms with Crippen LogP contribution in [0.4, 0.5) is 4.79 Å². The molecule has 1 N–H and O–H groups in total. The molecule has 2 atom stereocenters. The van der Waals surface area contributed by atoms with Gasteiger partial charge in [-0.15, -0.1) is 11.3 Å². The van der Waals surface area contributed by atoms with Gasteiger partial charge in [0.2, 0.25) is 5.91 Å². The first-order valence-electron chi connectivity index (χ1n) is 12.3. The largest absolute Gasteiger partial charge is 0.493 e. The molecule has 0 aliphatic carbocycles. The summed E-state index contributed by atoms with van der Waals surface area (Å²) in [6, 6.07) is 9.17. The Kier molecular flexibility index (Phi) is 9.05. The average Bonchev–Trinajstić information content (AvgIpc) is 3.30. The number of carbonyl (C=O) groups is 2. The van der Waals surface area contributed by atoms with Crippen LogP contribution in [0.3, 0.4) is 0 Å². The molecule has 192 valence electrons. The van der Waals surface area contributed by atoms with E-state index in [-0.39, 0.29) is 30.1 Å². The van der Waals surface area contributed by atoms with Gasteiger partial charge in [0.25, 0.3) is 0 Å². The number of benzene rings is 1. The molecular formula is C27H39N3O4S. The number of ether oxygens (including phenoxy) is 2. The van der Waals surface area contributed by atoms with Gasteiger partial charge in [-0.2, -0.15) is 0 Å². The first kappa shape index (κ1) is 26.9. The van der Waals surface area contributed by atoms with E-state index in [9.17, 15) is 9.59 Å². The zero-order valence-electron chi connectivity index (χ0n) is 21.8. The van der Waals surface area contributed by atoms with Crippen molar-refractivity contribution in [3.8, 4) is 11.5 Å². The van der Waals surface area contributed by atoms with E-state index in [2.05, 4.69) is 30.6 Å². The summed E-state index contributed by atoms with van der Waals surface area (Å²) < 4.78 is 11.6. The fourth-order valence-electron chi connectivity index (χ4n) is 4.16. The second kappa shape index (κ2) is 11.8. The molecule has 1 aliphatic rings. The van der Waals surface area contributed by atoms with Gasteiger partial charge in [0.05, 0.1) is 13.2 Å². The summed E-state index contributed by atoms with van der Waals surface area (Å²) in [4.78, 5) is 31.5. The Morgan fingerprint density at radius 2 is 1.94 bits per heavy atom. The second-order valence-corrected chi connectivity index (χ2v) is 11.2. The lowest BCUT2D eigenvalue weighted by atomic mass is 10.00. The van der Waals surface area contributed by atoms with Crippen molar-refractivity contribution >= 4 is 23.3 Å². The third kappa shape index (κ3) is 7.13. The lowest BCUT2D eigenvalue weighted by Crippen LogP contribution is -2.53. The third-order valence-corrected chi connectivity index (χ3v) is 7.20. The number of thiophene rings is 1. The van der Waals surface area contributed by atoms with E-state index < -0.39 is 0 Å². The molecule has 8 heteroatoms. The number of nitrogens with zero attached hydrogens (tertiary/aromatic N) is 2. The van der Waals surface area contributed by atoms with Crippen molar-refractivity contribution in [2.24, 2.45) is 5.92 Å². The second-order valence-electron chi connectivity index (χ2n) is 10.2. The Morgan fingerprint density at radius 1 is 1.23 bits per heavy atom. The Bertz CT molecular complexity index is 1000. The molecule has 1 aromatic heterocycles. The van der Waals surface area contributed by atoms with Crippen molar-refractivity contribution in [3.05, 3.63) is 46.2 Å². The van der Waals surface area contributed by atoms with E-state index in [1.807, 2.05) is 49.9 Å². The molecule has 0 saturated carbocycles. The van der Waals surface area contributed by atoms with Crippen LogP contribution in [-0.2, 0) is 11.2 Å². The minimum absolute atomic E-state index is 0.0386. The maximum Gasteiger partial charge on any atom is 0.318 e. The van der Waals surface area contributed by atoms with Gasteiger partial charge >= 0.3 is 6.03 Å². The lowest BCUT2D eigenvalue weighted by Gasteiger charge is -2.38. The highest BCUT2D eigenvalue weighted by Crippen LogP contribution is 2.35. The van der Waals surface area contributed by atoms with Gasteiger partial charge in [0.1, 0.15) is 13.2 Å². The van der Waals surface area contributed by atoms with Gasteiger partial charge in [-0.3, -0.25) is 4.79 Å². The highest BCUT2D eigenvalue weighted by atomic mass is 32.1. The zero-order valence-corrected chi connectivity index (χ0v) is 22.6. The Labute approximate surface area is 213 Å². The van der Waals surface area contributed by atoms with Gasteiger partial charge in [0.15, 0.2) is 11.5 Å². The quantitative estimate of drug-likeness (QED) is 0.518. The number of hydrogen-bond acceptors (Lipinski definition) is 5. The number of nitrogens with one attached hydrogen (secondary N) is 1. The topological polar surface area (TPSA) is 71.1 Å². The van der Waals surface area contributed by atoms with Crippen LogP contribution in [0.1, 0.15) is 57.5 Å². The monoisotopic (exact) mass is 501 g/mol. The number of methoxy groups -OCH3 is 1. The van der Waals surface area contributed by atoms with Crippen LogP contribution < -0.4 is 14.8 Å². The van der Waals surface area contributed by atoms with Crippen molar-refractivity contribution in [1.82, 2.24) is 15.1 Å². The Morgan fingerprint density at radius 3 is 2.60 bits per heavy atom. The first-order chi connectivity index (χ1) is 16.6. The van der Waals surface area contributed by atoms with Gasteiger partial charge < -0.3 is 24.6 Å². The molecule has 3 rings (SSSR count). The molecule has 0 saturated heterocycles. The van der Waals surface area contributed by atoms with Gasteiger partial charge in [-0.1, -0.05) is 32.4 Å². The fraction of sp³-hybridized carbons (Fsp3) is 0.556. The molecule has 2 heterocycles. The minimum atomic E-state index is -0.379. The molecular weight excluding hydrogens is 462 g/mol. The lowest BCUT2D eigenvalue weighted by molar-refractivity contribution is -0.135. The van der Waals surface area contributed by atoms with Crippen molar-refractivity contribution < 1.29 is 19.1 Å². The predicted octanol–water partition coefficient (Wildman–Crippen LogP) is 5.12. The summed E-state index contributed by atoms with van der Waals surface area (Å²) in [6.07, 6.45) is 1.74. The fourth-order valence-corrected chi connectivity index (χ4v) is 5.09. The summed E-state index contributed by atoms with van der Waals surface area (Å²) >= 11 is 1.72. The van der Waals surface area contributed by atoms with Crippen molar-refractivity contribution in [2.75, 3.05) is 33.4 Å². The van der Waals surface area contributed by atoms with E-state index in [1.54, 1.807) is 23.3 Å². The summed E-state index contributed by atoms with van der Waals surface area (Å²) in [7, 11) is 1.62. The highest BCUT2D eigenvalue weighted by Gasteiger charge is 2.34. The van der Waals surface area contributed by atoms with E-state index in [4.69, 9.17) is 9.47 Å². The Hall–Kier alpha value is -2.74. The van der Waals surface area contributed by atoms with Crippen LogP contribution in [0.2, 0.25) is 0 Å². The van der Waals surface area contributed by atoms with Crippen molar-refractivity contribution in [1.29, 1.82) is 0 Å². The third-order valence-electron chi connectivity index (χ3n) is 6.21. The van der Waals surface area contributed by atoms with Crippen LogP contribution in [0.15, 0.2) is 35.7 Å². The smallest absolute Gasteiger partial charge is 0.318 e. The summed E-state index contributed by atoms with van der Waals surface area (Å²) in [6.45, 7) is 11.5. The van der Waals surface area contributed by atoms with Crippen LogP contribution in [0, 0.1) is 5.92 Å². The number of para-hydroxylation sites is 2. The first-order valence-corrected chi connectivity index (χ1v) is 13.2. The predicted molar refractivity (Wildman–Crippen MR) is 140 cm³/mol. The van der Waals surface area contributed by atoms with Crippen molar-refractivity contribution in [2.45, 2.75) is 59.0 Å². The highest BCUT2D eigenvalue weighted by molar-refractivity contribution is 7.10. The number of hydrogen-bond donors (Lipinski definition) is 1. The number of amides is 3. The van der Waals surface area contributed by atoms with Gasteiger partial charge in [-0.25, -0.2) is 4.79 Å². The zero-order chi connectivity index (χ0) is 25.6. The van der Waals surface area contributed by atoms with Gasteiger partial charge in [-0.05, 0) is 62.3 Å². The SMILES string of the molecule is CCC(C)CN(CC(=O)N1CCc2sccc2C1COc1ccccc1OC)C(=O)NC(C)(C)C. The van der Waals surface area contributed by atoms with Crippen LogP contribution in [0.25, 0.3) is 0 Å². The van der Waals surface area contributed by atoms with Gasteiger partial charge in [0, 0.05) is 23.5 Å². The molecule has 0 radical (unpaired) electrons. The minimum Gasteiger partial charge on any atom is -0.493 e. The number of carbonyl (C=O) groups excluding carboxylic acids is 2. The van der Waals surface area contributed by atoms with E-state index in [0.717, 1.165) is 18.4 Å². The molecule has 2 unspecified atom stereocenters. The van der Waals surface area contributed by atoms with Crippen molar-refractivity contribution in [3.63, 3.8) is 0 Å². The number of rotatable bonds is 9. The molecule has 0 fully saturated rings. The average molecular weight is 502 g/mol.